The number of hydrogen-bond donors (Lipinski definition) is 2. The Balaban J connectivity index is 1.54. The van der Waals surface area contributed by atoms with Crippen molar-refractivity contribution >= 4 is 39.9 Å². The van der Waals surface area contributed by atoms with Crippen LogP contribution in [0.5, 0.6) is 5.75 Å². The summed E-state index contributed by atoms with van der Waals surface area (Å²) in [6.45, 7) is 4.72. The number of hydrogen-bond acceptors (Lipinski definition) is 5. The van der Waals surface area contributed by atoms with Gasteiger partial charge in [-0.3, -0.25) is 9.59 Å². The van der Waals surface area contributed by atoms with E-state index in [1.54, 1.807) is 24.3 Å². The molecule has 0 spiro atoms. The lowest BCUT2D eigenvalue weighted by molar-refractivity contribution is -0.116. The van der Waals surface area contributed by atoms with Crippen molar-refractivity contribution in [2.24, 2.45) is 0 Å². The molecule has 0 aliphatic rings. The van der Waals surface area contributed by atoms with Crippen molar-refractivity contribution in [1.29, 1.82) is 0 Å². The van der Waals surface area contributed by atoms with Crippen LogP contribution in [0.15, 0.2) is 48.5 Å². The first-order valence-corrected chi connectivity index (χ1v) is 10.7. The van der Waals surface area contributed by atoms with E-state index in [-0.39, 0.29) is 24.8 Å². The standard InChI is InChI=1S/C22H22ClN3O3S/c1-3-29-16-10-8-15(9-11-16)20-14(2)30-22(26-20)25-19(27)12-13-24-21(28)17-6-4-5-7-18(17)23/h4-11H,3,12-13H2,1-2H3,(H,24,28)(H,25,26,27). The minimum atomic E-state index is -0.309. The number of aromatic nitrogens is 1. The third-order valence-electron chi connectivity index (χ3n) is 4.24. The van der Waals surface area contributed by atoms with Gasteiger partial charge in [0.15, 0.2) is 5.13 Å². The highest BCUT2D eigenvalue weighted by Crippen LogP contribution is 2.31. The van der Waals surface area contributed by atoms with E-state index in [1.807, 2.05) is 38.1 Å². The van der Waals surface area contributed by atoms with Crippen LogP contribution in [0.2, 0.25) is 5.02 Å². The molecule has 0 fully saturated rings. The Morgan fingerprint density at radius 2 is 1.87 bits per heavy atom. The minimum absolute atomic E-state index is 0.132. The van der Waals surface area contributed by atoms with Crippen LogP contribution in [-0.4, -0.2) is 29.9 Å². The number of ether oxygens (including phenoxy) is 1. The minimum Gasteiger partial charge on any atom is -0.494 e. The molecule has 0 saturated heterocycles. The molecule has 0 bridgehead atoms. The number of aryl methyl sites for hydroxylation is 1. The molecular weight excluding hydrogens is 422 g/mol. The van der Waals surface area contributed by atoms with Crippen molar-refractivity contribution in [2.45, 2.75) is 20.3 Å². The van der Waals surface area contributed by atoms with Crippen LogP contribution in [0.4, 0.5) is 5.13 Å². The number of rotatable bonds is 8. The molecule has 8 heteroatoms. The molecule has 0 unspecified atom stereocenters. The number of halogens is 1. The van der Waals surface area contributed by atoms with Gasteiger partial charge in [-0.15, -0.1) is 11.3 Å². The first-order valence-electron chi connectivity index (χ1n) is 9.51. The van der Waals surface area contributed by atoms with Gasteiger partial charge < -0.3 is 15.4 Å². The predicted molar refractivity (Wildman–Crippen MR) is 120 cm³/mol. The van der Waals surface area contributed by atoms with Gasteiger partial charge in [0, 0.05) is 23.4 Å². The van der Waals surface area contributed by atoms with Gasteiger partial charge >= 0.3 is 0 Å². The summed E-state index contributed by atoms with van der Waals surface area (Å²) in [6.07, 6.45) is 0.132. The first-order chi connectivity index (χ1) is 14.5. The van der Waals surface area contributed by atoms with Crippen LogP contribution in [0, 0.1) is 6.92 Å². The molecule has 1 aromatic heterocycles. The van der Waals surface area contributed by atoms with Crippen LogP contribution in [-0.2, 0) is 4.79 Å². The van der Waals surface area contributed by atoms with Crippen LogP contribution in [0.1, 0.15) is 28.6 Å². The summed E-state index contributed by atoms with van der Waals surface area (Å²) in [4.78, 5) is 29.9. The zero-order valence-corrected chi connectivity index (χ0v) is 18.3. The monoisotopic (exact) mass is 443 g/mol. The zero-order chi connectivity index (χ0) is 21.5. The fourth-order valence-electron chi connectivity index (χ4n) is 2.81. The second-order valence-corrected chi connectivity index (χ2v) is 8.03. The van der Waals surface area contributed by atoms with E-state index in [2.05, 4.69) is 15.6 Å². The molecule has 0 aliphatic heterocycles. The number of carbonyl (C=O) groups is 2. The Hall–Kier alpha value is -2.90. The van der Waals surface area contributed by atoms with Gasteiger partial charge in [0.25, 0.3) is 5.91 Å². The highest BCUT2D eigenvalue weighted by atomic mass is 35.5. The maximum atomic E-state index is 12.2. The largest absolute Gasteiger partial charge is 0.494 e. The second-order valence-electron chi connectivity index (χ2n) is 6.42. The molecule has 30 heavy (non-hydrogen) atoms. The summed E-state index contributed by atoms with van der Waals surface area (Å²) in [5.41, 5.74) is 2.17. The molecule has 6 nitrogen and oxygen atoms in total. The fourth-order valence-corrected chi connectivity index (χ4v) is 3.88. The molecule has 3 rings (SSSR count). The van der Waals surface area contributed by atoms with Gasteiger partial charge in [-0.1, -0.05) is 23.7 Å². The van der Waals surface area contributed by atoms with Gasteiger partial charge in [-0.25, -0.2) is 4.98 Å². The number of nitrogens with zero attached hydrogens (tertiary/aromatic N) is 1. The fraction of sp³-hybridized carbons (Fsp3) is 0.227. The lowest BCUT2D eigenvalue weighted by Crippen LogP contribution is -2.27. The van der Waals surface area contributed by atoms with Gasteiger partial charge in [0.1, 0.15) is 5.75 Å². The molecule has 2 aromatic carbocycles. The Morgan fingerprint density at radius 3 is 2.57 bits per heavy atom. The number of carbonyl (C=O) groups excluding carboxylic acids is 2. The maximum Gasteiger partial charge on any atom is 0.252 e. The van der Waals surface area contributed by atoms with Crippen molar-refractivity contribution in [3.05, 3.63) is 64.0 Å². The number of benzene rings is 2. The van der Waals surface area contributed by atoms with Crippen LogP contribution in [0.25, 0.3) is 11.3 Å². The summed E-state index contributed by atoms with van der Waals surface area (Å²) in [5, 5.41) is 6.40. The Labute approximate surface area is 184 Å². The SMILES string of the molecule is CCOc1ccc(-c2nc(NC(=O)CCNC(=O)c3ccccc3Cl)sc2C)cc1. The molecule has 0 aliphatic carbocycles. The highest BCUT2D eigenvalue weighted by molar-refractivity contribution is 7.16. The van der Waals surface area contributed by atoms with Gasteiger partial charge in [0.05, 0.1) is 22.9 Å². The van der Waals surface area contributed by atoms with Crippen molar-refractivity contribution in [3.63, 3.8) is 0 Å². The summed E-state index contributed by atoms with van der Waals surface area (Å²) >= 11 is 7.42. The molecule has 1 heterocycles. The third-order valence-corrected chi connectivity index (χ3v) is 5.45. The molecule has 0 radical (unpaired) electrons. The van der Waals surface area contributed by atoms with Gasteiger partial charge in [-0.05, 0) is 50.2 Å². The van der Waals surface area contributed by atoms with Crippen LogP contribution < -0.4 is 15.4 Å². The summed E-state index contributed by atoms with van der Waals surface area (Å²) in [5.74, 6) is 0.277. The lowest BCUT2D eigenvalue weighted by atomic mass is 10.1. The van der Waals surface area contributed by atoms with Crippen molar-refractivity contribution in [1.82, 2.24) is 10.3 Å². The summed E-state index contributed by atoms with van der Waals surface area (Å²) < 4.78 is 5.46. The van der Waals surface area contributed by atoms with E-state index >= 15 is 0 Å². The van der Waals surface area contributed by atoms with Crippen LogP contribution in [0.3, 0.4) is 0 Å². The van der Waals surface area contributed by atoms with Crippen molar-refractivity contribution < 1.29 is 14.3 Å². The smallest absolute Gasteiger partial charge is 0.252 e. The number of amides is 2. The summed E-state index contributed by atoms with van der Waals surface area (Å²) in [6, 6.07) is 14.5. The maximum absolute atomic E-state index is 12.2. The molecule has 0 saturated carbocycles. The average Bonchev–Trinajstić information content (AvgIpc) is 3.09. The quantitative estimate of drug-likeness (QED) is 0.517. The number of anilines is 1. The van der Waals surface area contributed by atoms with Crippen LogP contribution >= 0.6 is 22.9 Å². The van der Waals surface area contributed by atoms with E-state index in [0.717, 1.165) is 21.9 Å². The summed E-state index contributed by atoms with van der Waals surface area (Å²) in [7, 11) is 0. The van der Waals surface area contributed by atoms with Crippen molar-refractivity contribution in [3.8, 4) is 17.0 Å². The number of thiazole rings is 1. The normalized spacial score (nSPS) is 10.5. The van der Waals surface area contributed by atoms with E-state index in [1.165, 1.54) is 11.3 Å². The van der Waals surface area contributed by atoms with Gasteiger partial charge in [-0.2, -0.15) is 0 Å². The Bertz CT molecular complexity index is 1030. The average molecular weight is 444 g/mol. The second kappa shape index (κ2) is 10.2. The Kier molecular flexibility index (Phi) is 7.43. The third kappa shape index (κ3) is 5.58. The molecule has 0 atom stereocenters. The van der Waals surface area contributed by atoms with E-state index in [0.29, 0.717) is 22.3 Å². The molecule has 3 aromatic rings. The van der Waals surface area contributed by atoms with E-state index in [9.17, 15) is 9.59 Å². The molecule has 156 valence electrons. The molecular formula is C22H22ClN3O3S. The number of nitrogens with one attached hydrogen (secondary N) is 2. The topological polar surface area (TPSA) is 80.3 Å². The van der Waals surface area contributed by atoms with Gasteiger partial charge in [0.2, 0.25) is 5.91 Å². The Morgan fingerprint density at radius 1 is 1.13 bits per heavy atom. The van der Waals surface area contributed by atoms with E-state index < -0.39 is 0 Å². The molecule has 2 N–H and O–H groups in total. The molecule has 2 amide bonds. The lowest BCUT2D eigenvalue weighted by Gasteiger charge is -2.06. The zero-order valence-electron chi connectivity index (χ0n) is 16.7. The van der Waals surface area contributed by atoms with Crippen molar-refractivity contribution in [2.75, 3.05) is 18.5 Å². The highest BCUT2D eigenvalue weighted by Gasteiger charge is 2.13. The predicted octanol–water partition coefficient (Wildman–Crippen LogP) is 4.93. The first kappa shape index (κ1) is 21.8. The van der Waals surface area contributed by atoms with E-state index in [4.69, 9.17) is 16.3 Å².